The molecule has 0 aliphatic carbocycles. The maximum absolute atomic E-state index is 12.9. The van der Waals surface area contributed by atoms with Crippen LogP contribution in [-0.4, -0.2) is 29.5 Å². The molecule has 0 spiro atoms. The second kappa shape index (κ2) is 9.40. The minimum Gasteiger partial charge on any atom is -0.447 e. The van der Waals surface area contributed by atoms with Crippen LogP contribution < -0.4 is 0 Å². The molecule has 0 unspecified atom stereocenters. The number of ether oxygens (including phenoxy) is 1. The van der Waals surface area contributed by atoms with Crippen molar-refractivity contribution in [1.82, 2.24) is 4.90 Å². The van der Waals surface area contributed by atoms with Gasteiger partial charge in [-0.05, 0) is 37.2 Å². The molecule has 0 bridgehead atoms. The first kappa shape index (κ1) is 19.2. The number of imide groups is 1. The van der Waals surface area contributed by atoms with Crippen LogP contribution in [0.1, 0.15) is 45.6 Å². The number of rotatable bonds is 8. The molecule has 2 amide bonds. The van der Waals surface area contributed by atoms with Crippen LogP contribution in [0.25, 0.3) is 0 Å². The molecule has 1 saturated heterocycles. The fourth-order valence-corrected chi connectivity index (χ4v) is 3.03. The lowest BCUT2D eigenvalue weighted by molar-refractivity contribution is -0.133. The SMILES string of the molecule is CC[C@H](C/C=C/CC(C)C)C(=O)N1C(=O)OC[C@H]1Cc1ccccc1. The number of nitrogens with zero attached hydrogens (tertiary/aromatic N) is 1. The van der Waals surface area contributed by atoms with E-state index >= 15 is 0 Å². The topological polar surface area (TPSA) is 46.6 Å². The Morgan fingerprint density at radius 1 is 1.24 bits per heavy atom. The van der Waals surface area contributed by atoms with E-state index in [9.17, 15) is 9.59 Å². The molecule has 1 aliphatic rings. The molecule has 4 heteroatoms. The van der Waals surface area contributed by atoms with Crippen LogP contribution >= 0.6 is 0 Å². The van der Waals surface area contributed by atoms with Gasteiger partial charge in [0.05, 0.1) is 6.04 Å². The second-order valence-electron chi connectivity index (χ2n) is 7.07. The van der Waals surface area contributed by atoms with Gasteiger partial charge in [-0.25, -0.2) is 9.69 Å². The van der Waals surface area contributed by atoms with Gasteiger partial charge in [0.15, 0.2) is 0 Å². The van der Waals surface area contributed by atoms with Crippen molar-refractivity contribution in [2.45, 2.75) is 52.5 Å². The average Bonchev–Trinajstić information content (AvgIpc) is 2.95. The number of hydrogen-bond acceptors (Lipinski definition) is 3. The van der Waals surface area contributed by atoms with Gasteiger partial charge in [-0.15, -0.1) is 0 Å². The van der Waals surface area contributed by atoms with E-state index < -0.39 is 6.09 Å². The summed E-state index contributed by atoms with van der Waals surface area (Å²) in [6.07, 6.45) is 6.72. The molecule has 1 aromatic rings. The van der Waals surface area contributed by atoms with Gasteiger partial charge in [-0.1, -0.05) is 63.3 Å². The van der Waals surface area contributed by atoms with Crippen molar-refractivity contribution in [3.63, 3.8) is 0 Å². The van der Waals surface area contributed by atoms with E-state index in [0.717, 1.165) is 12.0 Å². The lowest BCUT2D eigenvalue weighted by atomic mass is 9.98. The Morgan fingerprint density at radius 3 is 2.56 bits per heavy atom. The van der Waals surface area contributed by atoms with Crippen LogP contribution in [0.5, 0.6) is 0 Å². The molecule has 4 nitrogen and oxygen atoms in total. The third-order valence-corrected chi connectivity index (χ3v) is 4.55. The van der Waals surface area contributed by atoms with Gasteiger partial charge >= 0.3 is 6.09 Å². The first-order chi connectivity index (χ1) is 12.0. The van der Waals surface area contributed by atoms with Crippen LogP contribution in [-0.2, 0) is 16.0 Å². The highest BCUT2D eigenvalue weighted by molar-refractivity contribution is 5.94. The zero-order valence-corrected chi connectivity index (χ0v) is 15.5. The first-order valence-electron chi connectivity index (χ1n) is 9.21. The van der Waals surface area contributed by atoms with Crippen LogP contribution in [0, 0.1) is 11.8 Å². The average molecular weight is 343 g/mol. The number of amides is 2. The Hall–Kier alpha value is -2.10. The molecule has 1 aliphatic heterocycles. The van der Waals surface area contributed by atoms with Gasteiger partial charge in [0.25, 0.3) is 0 Å². The highest BCUT2D eigenvalue weighted by Crippen LogP contribution is 2.23. The third-order valence-electron chi connectivity index (χ3n) is 4.55. The van der Waals surface area contributed by atoms with Crippen molar-refractivity contribution in [2.75, 3.05) is 6.61 Å². The summed E-state index contributed by atoms with van der Waals surface area (Å²) in [6.45, 7) is 6.61. The zero-order valence-electron chi connectivity index (χ0n) is 15.5. The molecule has 0 aromatic heterocycles. The summed E-state index contributed by atoms with van der Waals surface area (Å²) in [7, 11) is 0. The number of allylic oxidation sites excluding steroid dienone is 2. The van der Waals surface area contributed by atoms with Crippen LogP contribution in [0.15, 0.2) is 42.5 Å². The Kier molecular flexibility index (Phi) is 7.23. The largest absolute Gasteiger partial charge is 0.447 e. The maximum atomic E-state index is 12.9. The van der Waals surface area contributed by atoms with Crippen molar-refractivity contribution in [1.29, 1.82) is 0 Å². The van der Waals surface area contributed by atoms with Crippen LogP contribution in [0.3, 0.4) is 0 Å². The van der Waals surface area contributed by atoms with Gasteiger partial charge in [0, 0.05) is 5.92 Å². The van der Waals surface area contributed by atoms with Gasteiger partial charge in [-0.3, -0.25) is 4.79 Å². The van der Waals surface area contributed by atoms with Gasteiger partial charge in [-0.2, -0.15) is 0 Å². The van der Waals surface area contributed by atoms with Gasteiger partial charge in [0.2, 0.25) is 5.91 Å². The zero-order chi connectivity index (χ0) is 18.2. The van der Waals surface area contributed by atoms with Crippen LogP contribution in [0.4, 0.5) is 4.79 Å². The Morgan fingerprint density at radius 2 is 1.92 bits per heavy atom. The van der Waals surface area contributed by atoms with E-state index in [4.69, 9.17) is 4.74 Å². The predicted octanol–water partition coefficient (Wildman–Crippen LogP) is 4.60. The van der Waals surface area contributed by atoms with E-state index in [1.54, 1.807) is 0 Å². The summed E-state index contributed by atoms with van der Waals surface area (Å²) in [4.78, 5) is 26.4. The Balaban J connectivity index is 2.02. The van der Waals surface area contributed by atoms with E-state index in [-0.39, 0.29) is 24.5 Å². The Bertz CT molecular complexity index is 594. The van der Waals surface area contributed by atoms with Crippen molar-refractivity contribution in [3.8, 4) is 0 Å². The maximum Gasteiger partial charge on any atom is 0.416 e. The van der Waals surface area contributed by atoms with Crippen molar-refractivity contribution < 1.29 is 14.3 Å². The molecule has 1 heterocycles. The predicted molar refractivity (Wildman–Crippen MR) is 99.1 cm³/mol. The molecule has 2 rings (SSSR count). The highest BCUT2D eigenvalue weighted by Gasteiger charge is 2.39. The lowest BCUT2D eigenvalue weighted by Crippen LogP contribution is -2.43. The van der Waals surface area contributed by atoms with E-state index in [2.05, 4.69) is 26.0 Å². The molecule has 1 aromatic carbocycles. The summed E-state index contributed by atoms with van der Waals surface area (Å²) >= 11 is 0. The van der Waals surface area contributed by atoms with E-state index in [1.807, 2.05) is 37.3 Å². The number of cyclic esters (lactones) is 1. The fourth-order valence-electron chi connectivity index (χ4n) is 3.03. The minimum atomic E-state index is -0.504. The monoisotopic (exact) mass is 343 g/mol. The highest BCUT2D eigenvalue weighted by atomic mass is 16.6. The number of benzene rings is 1. The normalized spacial score (nSPS) is 18.8. The standard InChI is InChI=1S/C21H29NO3/c1-4-18(13-9-8-10-16(2)3)20(23)22-19(15-25-21(22)24)14-17-11-6-5-7-12-17/h5-9,11-12,16,18-19H,4,10,13-15H2,1-3H3/b9-8+/t18-,19-/m1/s1. The number of hydrogen-bond donors (Lipinski definition) is 0. The van der Waals surface area contributed by atoms with Gasteiger partial charge < -0.3 is 4.74 Å². The molecule has 136 valence electrons. The lowest BCUT2D eigenvalue weighted by Gasteiger charge is -2.23. The summed E-state index contributed by atoms with van der Waals surface area (Å²) in [5.74, 6) is 0.323. The van der Waals surface area contributed by atoms with Crippen LogP contribution in [0.2, 0.25) is 0 Å². The van der Waals surface area contributed by atoms with E-state index in [1.165, 1.54) is 4.90 Å². The molecule has 2 atom stereocenters. The van der Waals surface area contributed by atoms with Crippen molar-refractivity contribution in [2.24, 2.45) is 11.8 Å². The molecular formula is C21H29NO3. The molecule has 25 heavy (non-hydrogen) atoms. The second-order valence-corrected chi connectivity index (χ2v) is 7.07. The van der Waals surface area contributed by atoms with E-state index in [0.29, 0.717) is 25.2 Å². The fraction of sp³-hybridized carbons (Fsp3) is 0.524. The molecule has 0 radical (unpaired) electrons. The summed E-state index contributed by atoms with van der Waals surface area (Å²) in [6, 6.07) is 9.70. The summed E-state index contributed by atoms with van der Waals surface area (Å²) in [5, 5.41) is 0. The Labute approximate surface area is 150 Å². The molecular weight excluding hydrogens is 314 g/mol. The van der Waals surface area contributed by atoms with Crippen molar-refractivity contribution in [3.05, 3.63) is 48.0 Å². The minimum absolute atomic E-state index is 0.111. The first-order valence-corrected chi connectivity index (χ1v) is 9.21. The quantitative estimate of drug-likeness (QED) is 0.648. The smallest absolute Gasteiger partial charge is 0.416 e. The number of carbonyl (C=O) groups is 2. The number of carbonyl (C=O) groups excluding carboxylic acids is 2. The molecule has 0 saturated carbocycles. The van der Waals surface area contributed by atoms with Gasteiger partial charge in [0.1, 0.15) is 6.61 Å². The summed E-state index contributed by atoms with van der Waals surface area (Å²) in [5.41, 5.74) is 1.11. The van der Waals surface area contributed by atoms with Crippen molar-refractivity contribution >= 4 is 12.0 Å². The third kappa shape index (κ3) is 5.45. The molecule has 0 N–H and O–H groups in total. The molecule has 1 fully saturated rings. The summed E-state index contributed by atoms with van der Waals surface area (Å²) < 4.78 is 5.17.